The Hall–Kier alpha value is -2.83. The molecule has 0 radical (unpaired) electrons. The molecule has 0 saturated heterocycles. The van der Waals surface area contributed by atoms with Crippen LogP contribution in [0.15, 0.2) is 59.8 Å². The number of carbonyl (C=O) groups excluding carboxylic acids is 1. The number of nitrogens with zero attached hydrogens (tertiary/aromatic N) is 2. The summed E-state index contributed by atoms with van der Waals surface area (Å²) >= 11 is 11.8. The van der Waals surface area contributed by atoms with E-state index in [0.717, 1.165) is 17.0 Å². The number of hydrogen-bond donors (Lipinski definition) is 2. The summed E-state index contributed by atoms with van der Waals surface area (Å²) in [5, 5.41) is 21.2. The zero-order valence-electron chi connectivity index (χ0n) is 14.7. The molecule has 28 heavy (non-hydrogen) atoms. The van der Waals surface area contributed by atoms with Gasteiger partial charge in [0.05, 0.1) is 11.4 Å². The van der Waals surface area contributed by atoms with Crippen LogP contribution in [0.5, 0.6) is 0 Å². The fourth-order valence-corrected chi connectivity index (χ4v) is 3.05. The zero-order valence-corrected chi connectivity index (χ0v) is 16.2. The van der Waals surface area contributed by atoms with Gasteiger partial charge in [0, 0.05) is 34.1 Å². The molecule has 0 aliphatic heterocycles. The molecule has 0 amide bonds. The molecule has 6 nitrogen and oxygen atoms in total. The first-order valence-corrected chi connectivity index (χ1v) is 9.21. The van der Waals surface area contributed by atoms with Crippen molar-refractivity contribution in [3.05, 3.63) is 75.9 Å². The maximum atomic E-state index is 10.9. The molecular weight excluding hydrogens is 401 g/mol. The number of aromatic amines is 1. The Morgan fingerprint density at radius 2 is 1.79 bits per heavy atom. The number of carbonyl (C=O) groups is 1. The second kappa shape index (κ2) is 9.39. The molecule has 1 aromatic heterocycles. The van der Waals surface area contributed by atoms with Crippen molar-refractivity contribution in [3.63, 3.8) is 0 Å². The molecule has 2 N–H and O–H groups in total. The molecule has 1 atom stereocenters. The SMILES string of the molecule is O=COC(CC(=NO)c1ccc(Cl)cc1)Cc1cc(-c2ccc(Cl)cc2)n[nH]1. The molecule has 0 saturated carbocycles. The normalized spacial score (nSPS) is 12.6. The monoisotopic (exact) mass is 417 g/mol. The van der Waals surface area contributed by atoms with Gasteiger partial charge in [0.15, 0.2) is 0 Å². The molecule has 0 spiro atoms. The second-order valence-corrected chi connectivity index (χ2v) is 6.97. The summed E-state index contributed by atoms with van der Waals surface area (Å²) in [6.07, 6.45) is 0.0792. The minimum atomic E-state index is -0.530. The van der Waals surface area contributed by atoms with E-state index in [1.807, 2.05) is 18.2 Å². The van der Waals surface area contributed by atoms with Crippen molar-refractivity contribution in [3.8, 4) is 11.3 Å². The topological polar surface area (TPSA) is 87.6 Å². The molecule has 3 rings (SSSR count). The van der Waals surface area contributed by atoms with Crippen LogP contribution in [0.25, 0.3) is 11.3 Å². The van der Waals surface area contributed by atoms with Gasteiger partial charge in [-0.15, -0.1) is 0 Å². The quantitative estimate of drug-likeness (QED) is 0.240. The zero-order chi connectivity index (χ0) is 19.9. The largest absolute Gasteiger partial charge is 0.464 e. The van der Waals surface area contributed by atoms with Gasteiger partial charge < -0.3 is 9.94 Å². The molecule has 2 aromatic carbocycles. The van der Waals surface area contributed by atoms with Gasteiger partial charge in [-0.2, -0.15) is 5.10 Å². The molecule has 0 fully saturated rings. The number of nitrogens with one attached hydrogen (secondary N) is 1. The highest BCUT2D eigenvalue weighted by Gasteiger charge is 2.18. The first-order chi connectivity index (χ1) is 13.6. The maximum Gasteiger partial charge on any atom is 0.293 e. The van der Waals surface area contributed by atoms with Crippen LogP contribution >= 0.6 is 23.2 Å². The van der Waals surface area contributed by atoms with E-state index in [1.54, 1.807) is 36.4 Å². The van der Waals surface area contributed by atoms with Crippen LogP contribution in [-0.4, -0.2) is 33.7 Å². The highest BCUT2D eigenvalue weighted by Crippen LogP contribution is 2.22. The van der Waals surface area contributed by atoms with Crippen LogP contribution in [0, 0.1) is 0 Å². The van der Waals surface area contributed by atoms with Crippen molar-refractivity contribution in [1.29, 1.82) is 0 Å². The number of H-pyrrole nitrogens is 1. The minimum absolute atomic E-state index is 0.228. The molecule has 1 heterocycles. The van der Waals surface area contributed by atoms with Gasteiger partial charge in [0.1, 0.15) is 6.10 Å². The third-order valence-corrected chi connectivity index (χ3v) is 4.69. The lowest BCUT2D eigenvalue weighted by molar-refractivity contribution is -0.133. The summed E-state index contributed by atoms with van der Waals surface area (Å²) < 4.78 is 5.19. The van der Waals surface area contributed by atoms with Crippen molar-refractivity contribution < 1.29 is 14.7 Å². The second-order valence-electron chi connectivity index (χ2n) is 6.10. The number of oxime groups is 1. The lowest BCUT2D eigenvalue weighted by Gasteiger charge is -2.15. The molecule has 8 heteroatoms. The number of rotatable bonds is 8. The average molecular weight is 418 g/mol. The van der Waals surface area contributed by atoms with Gasteiger partial charge in [-0.3, -0.25) is 9.89 Å². The summed E-state index contributed by atoms with van der Waals surface area (Å²) in [6.45, 7) is 0.387. The number of halogens is 2. The van der Waals surface area contributed by atoms with E-state index in [0.29, 0.717) is 34.2 Å². The summed E-state index contributed by atoms with van der Waals surface area (Å²) in [5.74, 6) is 0. The van der Waals surface area contributed by atoms with E-state index < -0.39 is 6.10 Å². The smallest absolute Gasteiger partial charge is 0.293 e. The first kappa shape index (κ1) is 19.9. The van der Waals surface area contributed by atoms with Crippen molar-refractivity contribution in [2.75, 3.05) is 0 Å². The highest BCUT2D eigenvalue weighted by atomic mass is 35.5. The highest BCUT2D eigenvalue weighted by molar-refractivity contribution is 6.31. The van der Waals surface area contributed by atoms with Crippen LogP contribution in [0.2, 0.25) is 10.0 Å². The fraction of sp³-hybridized carbons (Fsp3) is 0.150. The van der Waals surface area contributed by atoms with E-state index >= 15 is 0 Å². The van der Waals surface area contributed by atoms with Gasteiger partial charge in [0.2, 0.25) is 0 Å². The summed E-state index contributed by atoms with van der Waals surface area (Å²) in [5.41, 5.74) is 3.54. The van der Waals surface area contributed by atoms with Crippen LogP contribution in [0.1, 0.15) is 17.7 Å². The molecule has 0 aliphatic rings. The predicted octanol–water partition coefficient (Wildman–Crippen LogP) is 4.74. The number of hydrogen-bond acceptors (Lipinski definition) is 5. The van der Waals surface area contributed by atoms with Crippen LogP contribution in [0.3, 0.4) is 0 Å². The lowest BCUT2D eigenvalue weighted by Crippen LogP contribution is -2.21. The Morgan fingerprint density at radius 1 is 1.14 bits per heavy atom. The maximum absolute atomic E-state index is 10.9. The van der Waals surface area contributed by atoms with Gasteiger partial charge >= 0.3 is 0 Å². The van der Waals surface area contributed by atoms with Crippen LogP contribution in [-0.2, 0) is 16.0 Å². The predicted molar refractivity (Wildman–Crippen MR) is 108 cm³/mol. The van der Waals surface area contributed by atoms with Crippen LogP contribution < -0.4 is 0 Å². The number of ether oxygens (including phenoxy) is 1. The van der Waals surface area contributed by atoms with Crippen molar-refractivity contribution in [2.45, 2.75) is 18.9 Å². The third-order valence-electron chi connectivity index (χ3n) is 4.19. The van der Waals surface area contributed by atoms with E-state index in [9.17, 15) is 10.0 Å². The fourth-order valence-electron chi connectivity index (χ4n) is 2.80. The number of benzene rings is 2. The molecular formula is C20H17Cl2N3O3. The van der Waals surface area contributed by atoms with E-state index in [2.05, 4.69) is 15.4 Å². The Morgan fingerprint density at radius 3 is 2.39 bits per heavy atom. The van der Waals surface area contributed by atoms with E-state index in [-0.39, 0.29) is 6.42 Å². The Kier molecular flexibility index (Phi) is 6.68. The van der Waals surface area contributed by atoms with Crippen molar-refractivity contribution in [2.24, 2.45) is 5.16 Å². The van der Waals surface area contributed by atoms with Crippen molar-refractivity contribution in [1.82, 2.24) is 10.2 Å². The Labute approximate surface area is 171 Å². The summed E-state index contributed by atoms with van der Waals surface area (Å²) in [6, 6.07) is 16.1. The molecule has 144 valence electrons. The average Bonchev–Trinajstić information content (AvgIpc) is 3.16. The molecule has 3 aromatic rings. The number of aromatic nitrogens is 2. The Bertz CT molecular complexity index is 954. The molecule has 0 aliphatic carbocycles. The van der Waals surface area contributed by atoms with Gasteiger partial charge in [-0.25, -0.2) is 0 Å². The van der Waals surface area contributed by atoms with Crippen molar-refractivity contribution >= 4 is 35.4 Å². The van der Waals surface area contributed by atoms with E-state index in [1.165, 1.54) is 0 Å². The molecule has 1 unspecified atom stereocenters. The first-order valence-electron chi connectivity index (χ1n) is 8.45. The van der Waals surface area contributed by atoms with Gasteiger partial charge in [-0.1, -0.05) is 52.6 Å². The van der Waals surface area contributed by atoms with E-state index in [4.69, 9.17) is 27.9 Å². The lowest BCUT2D eigenvalue weighted by atomic mass is 10.0. The minimum Gasteiger partial charge on any atom is -0.464 e. The standard InChI is InChI=1S/C20H17Cl2N3O3/c21-15-5-1-13(2-6-15)19-10-17(23-24-19)9-18(28-12-26)11-20(25-27)14-3-7-16(22)8-4-14/h1-8,10,12,18,27H,9,11H2,(H,23,24). The Balaban J connectivity index is 1.73. The third kappa shape index (κ3) is 5.12. The van der Waals surface area contributed by atoms with Gasteiger partial charge in [0.25, 0.3) is 6.47 Å². The van der Waals surface area contributed by atoms with Crippen LogP contribution in [0.4, 0.5) is 0 Å². The molecule has 0 bridgehead atoms. The summed E-state index contributed by atoms with van der Waals surface area (Å²) in [4.78, 5) is 10.9. The van der Waals surface area contributed by atoms with Gasteiger partial charge in [-0.05, 0) is 35.9 Å². The summed E-state index contributed by atoms with van der Waals surface area (Å²) in [7, 11) is 0.